The number of hydrogen-bond acceptors (Lipinski definition) is 4. The molecular weight excluding hydrogens is 468 g/mol. The molecule has 0 unspecified atom stereocenters. The van der Waals surface area contributed by atoms with Crippen molar-refractivity contribution in [2.75, 3.05) is 18.5 Å². The maximum absolute atomic E-state index is 12.5. The van der Waals surface area contributed by atoms with Crippen LogP contribution in [0.1, 0.15) is 33.8 Å². The predicted molar refractivity (Wildman–Crippen MR) is 132 cm³/mol. The molecule has 0 aliphatic heterocycles. The molecule has 0 spiro atoms. The van der Waals surface area contributed by atoms with Crippen molar-refractivity contribution in [3.8, 4) is 11.1 Å². The van der Waals surface area contributed by atoms with Crippen LogP contribution in [0.3, 0.4) is 0 Å². The van der Waals surface area contributed by atoms with E-state index >= 15 is 0 Å². The van der Waals surface area contributed by atoms with Gasteiger partial charge in [-0.3, -0.25) is 4.79 Å². The van der Waals surface area contributed by atoms with Crippen molar-refractivity contribution >= 4 is 35.3 Å². The van der Waals surface area contributed by atoms with Crippen LogP contribution in [0.15, 0.2) is 66.7 Å². The van der Waals surface area contributed by atoms with E-state index in [0.29, 0.717) is 18.7 Å². The van der Waals surface area contributed by atoms with Gasteiger partial charge in [0.15, 0.2) is 0 Å². The van der Waals surface area contributed by atoms with Crippen LogP contribution in [0.4, 0.5) is 10.5 Å². The van der Waals surface area contributed by atoms with Gasteiger partial charge in [-0.15, -0.1) is 0 Å². The van der Waals surface area contributed by atoms with Crippen molar-refractivity contribution in [1.29, 1.82) is 0 Å². The minimum absolute atomic E-state index is 0.00271. The molecule has 2 amide bonds. The Labute approximate surface area is 207 Å². The number of rotatable bonds is 7. The predicted octanol–water partition coefficient (Wildman–Crippen LogP) is 5.15. The van der Waals surface area contributed by atoms with Gasteiger partial charge in [-0.05, 0) is 52.8 Å². The molecule has 5 rings (SSSR count). The molecule has 8 heteroatoms. The highest BCUT2D eigenvalue weighted by Crippen LogP contribution is 2.44. The van der Waals surface area contributed by atoms with Gasteiger partial charge in [-0.25, -0.2) is 9.59 Å². The van der Waals surface area contributed by atoms with E-state index in [0.717, 1.165) is 11.1 Å². The third-order valence-electron chi connectivity index (χ3n) is 6.52. The van der Waals surface area contributed by atoms with Gasteiger partial charge in [0, 0.05) is 29.1 Å². The summed E-state index contributed by atoms with van der Waals surface area (Å²) in [5, 5.41) is 14.8. The van der Waals surface area contributed by atoms with E-state index in [9.17, 15) is 14.4 Å². The Balaban J connectivity index is 1.11. The number of carboxylic acid groups (broad SMARTS) is 1. The molecule has 0 heterocycles. The van der Waals surface area contributed by atoms with Crippen LogP contribution in [0.25, 0.3) is 11.1 Å². The minimum atomic E-state index is -1.13. The Bertz CT molecular complexity index is 1280. The van der Waals surface area contributed by atoms with Crippen LogP contribution in [-0.4, -0.2) is 36.2 Å². The fraction of sp³-hybridized carbons (Fsp3) is 0.222. The molecular formula is C27H23ClN2O5. The molecule has 35 heavy (non-hydrogen) atoms. The molecule has 178 valence electrons. The number of alkyl carbamates (subject to hydrolysis) is 1. The Hall–Kier alpha value is -3.84. The molecule has 1 saturated carbocycles. The number of carbonyl (C=O) groups is 3. The number of nitrogens with one attached hydrogen (secondary N) is 2. The van der Waals surface area contributed by atoms with Crippen molar-refractivity contribution in [2.24, 2.45) is 11.8 Å². The summed E-state index contributed by atoms with van der Waals surface area (Å²) in [6.07, 6.45) is 0.112. The van der Waals surface area contributed by atoms with Crippen LogP contribution >= 0.6 is 11.6 Å². The lowest BCUT2D eigenvalue weighted by Gasteiger charge is -2.14. The zero-order valence-electron chi connectivity index (χ0n) is 18.7. The monoisotopic (exact) mass is 490 g/mol. The Morgan fingerprint density at radius 1 is 0.971 bits per heavy atom. The molecule has 3 aromatic carbocycles. The van der Waals surface area contributed by atoms with Gasteiger partial charge in [0.1, 0.15) is 6.61 Å². The summed E-state index contributed by atoms with van der Waals surface area (Å²) in [5.41, 5.74) is 4.95. The Morgan fingerprint density at radius 3 is 2.29 bits per heavy atom. The topological polar surface area (TPSA) is 105 Å². The number of benzene rings is 3. The number of ether oxygens (including phenoxy) is 1. The van der Waals surface area contributed by atoms with Gasteiger partial charge in [-0.1, -0.05) is 60.1 Å². The first-order chi connectivity index (χ1) is 16.9. The molecule has 3 N–H and O–H groups in total. The van der Waals surface area contributed by atoms with Crippen LogP contribution in [-0.2, 0) is 9.53 Å². The lowest BCUT2D eigenvalue weighted by atomic mass is 9.98. The summed E-state index contributed by atoms with van der Waals surface area (Å²) in [4.78, 5) is 36.0. The van der Waals surface area contributed by atoms with E-state index in [-0.39, 0.29) is 40.9 Å². The molecule has 0 saturated heterocycles. The average Bonchev–Trinajstić information content (AvgIpc) is 3.56. The quantitative estimate of drug-likeness (QED) is 0.424. The van der Waals surface area contributed by atoms with Crippen LogP contribution < -0.4 is 10.6 Å². The summed E-state index contributed by atoms with van der Waals surface area (Å²) in [5.74, 6) is -1.65. The van der Waals surface area contributed by atoms with Crippen molar-refractivity contribution in [1.82, 2.24) is 5.32 Å². The van der Waals surface area contributed by atoms with E-state index in [1.165, 1.54) is 29.3 Å². The highest BCUT2D eigenvalue weighted by molar-refractivity contribution is 6.31. The number of amides is 2. The molecule has 2 aliphatic carbocycles. The Kier molecular flexibility index (Phi) is 6.17. The van der Waals surface area contributed by atoms with Crippen LogP contribution in [0.2, 0.25) is 5.02 Å². The minimum Gasteiger partial charge on any atom is -0.478 e. The number of aromatic carboxylic acids is 1. The van der Waals surface area contributed by atoms with E-state index in [1.807, 2.05) is 24.3 Å². The fourth-order valence-corrected chi connectivity index (χ4v) is 4.91. The number of fused-ring (bicyclic) bond motifs is 3. The van der Waals surface area contributed by atoms with Crippen LogP contribution in [0, 0.1) is 11.8 Å². The van der Waals surface area contributed by atoms with Crippen molar-refractivity contribution in [3.63, 3.8) is 0 Å². The highest BCUT2D eigenvalue weighted by atomic mass is 35.5. The summed E-state index contributed by atoms with van der Waals surface area (Å²) in [6.45, 7) is 0.555. The molecule has 7 nitrogen and oxygen atoms in total. The molecule has 2 aliphatic rings. The molecule has 2 atom stereocenters. The standard InChI is InChI=1S/C27H23ClN2O5/c28-17-9-15(26(32)33)10-18(12-17)30-25(31)23-11-16(23)13-29-27(34)35-14-24-21-7-3-1-5-19(21)20-6-2-4-8-22(20)24/h1-10,12,16,23-24H,11,13-14H2,(H,29,34)(H,30,31)(H,32,33)/t16-,23-/m0/s1. The number of carboxylic acids is 1. The highest BCUT2D eigenvalue weighted by Gasteiger charge is 2.43. The molecule has 3 aromatic rings. The largest absolute Gasteiger partial charge is 0.478 e. The first-order valence-electron chi connectivity index (χ1n) is 11.3. The molecule has 0 aromatic heterocycles. The lowest BCUT2D eigenvalue weighted by molar-refractivity contribution is -0.117. The zero-order valence-corrected chi connectivity index (χ0v) is 19.4. The number of hydrogen-bond donors (Lipinski definition) is 3. The Morgan fingerprint density at radius 2 is 1.63 bits per heavy atom. The summed E-state index contributed by atoms with van der Waals surface area (Å²) < 4.78 is 5.54. The van der Waals surface area contributed by atoms with Gasteiger partial charge in [0.05, 0.1) is 5.56 Å². The number of halogens is 1. The molecule has 0 radical (unpaired) electrons. The van der Waals surface area contributed by atoms with Gasteiger partial charge in [0.2, 0.25) is 5.91 Å². The molecule has 0 bridgehead atoms. The zero-order chi connectivity index (χ0) is 24.5. The first kappa shape index (κ1) is 22.9. The maximum atomic E-state index is 12.5. The second-order valence-corrected chi connectivity index (χ2v) is 9.27. The second-order valence-electron chi connectivity index (χ2n) is 8.83. The fourth-order valence-electron chi connectivity index (χ4n) is 4.68. The number of anilines is 1. The average molecular weight is 491 g/mol. The van der Waals surface area contributed by atoms with Crippen molar-refractivity contribution in [2.45, 2.75) is 12.3 Å². The number of carbonyl (C=O) groups excluding carboxylic acids is 2. The SMILES string of the molecule is O=C(NC[C@@H]1C[C@@H]1C(=O)Nc1cc(Cl)cc(C(=O)O)c1)OCC1c2ccccc2-c2ccccc21. The summed E-state index contributed by atoms with van der Waals surface area (Å²) in [6, 6.07) is 20.5. The normalized spacial score (nSPS) is 17.7. The third-order valence-corrected chi connectivity index (χ3v) is 6.74. The molecule has 1 fully saturated rings. The maximum Gasteiger partial charge on any atom is 0.407 e. The van der Waals surface area contributed by atoms with E-state index in [1.54, 1.807) is 0 Å². The van der Waals surface area contributed by atoms with Crippen molar-refractivity contribution in [3.05, 3.63) is 88.4 Å². The summed E-state index contributed by atoms with van der Waals surface area (Å²) in [7, 11) is 0. The van der Waals surface area contributed by atoms with Gasteiger partial charge < -0.3 is 20.5 Å². The summed E-state index contributed by atoms with van der Waals surface area (Å²) >= 11 is 5.94. The van der Waals surface area contributed by atoms with E-state index < -0.39 is 12.1 Å². The van der Waals surface area contributed by atoms with Gasteiger partial charge in [-0.2, -0.15) is 0 Å². The second kappa shape index (κ2) is 9.43. The first-order valence-corrected chi connectivity index (χ1v) is 11.7. The lowest BCUT2D eigenvalue weighted by Crippen LogP contribution is -2.29. The third kappa shape index (κ3) is 4.86. The smallest absolute Gasteiger partial charge is 0.407 e. The van der Waals surface area contributed by atoms with Gasteiger partial charge in [0.25, 0.3) is 0 Å². The van der Waals surface area contributed by atoms with Crippen LogP contribution in [0.5, 0.6) is 0 Å². The van der Waals surface area contributed by atoms with Gasteiger partial charge >= 0.3 is 12.1 Å². The van der Waals surface area contributed by atoms with Crippen molar-refractivity contribution < 1.29 is 24.2 Å². The van der Waals surface area contributed by atoms with E-state index in [2.05, 4.69) is 34.9 Å². The van der Waals surface area contributed by atoms with E-state index in [4.69, 9.17) is 21.4 Å².